The Morgan fingerprint density at radius 1 is 1.20 bits per heavy atom. The molecule has 0 aromatic heterocycles. The van der Waals surface area contributed by atoms with Crippen molar-refractivity contribution in [3.63, 3.8) is 0 Å². The summed E-state index contributed by atoms with van der Waals surface area (Å²) in [6, 6.07) is 0. The topological polar surface area (TPSA) is 63.7 Å². The Bertz CT molecular complexity index is 387. The molecule has 0 aromatic carbocycles. The fraction of sp³-hybridized carbons (Fsp3) is 0.800. The Labute approximate surface area is 119 Å². The molecule has 1 atom stereocenters. The molecule has 0 aromatic rings. The number of amides is 1. The Morgan fingerprint density at radius 2 is 1.90 bits per heavy atom. The standard InChI is InChI=1S/C15H23NO4/c1-20-15(19)12-7-8-16(10-13(12)17)14(18)9-11-5-3-2-4-6-11/h11-12H,2-10H2,1H3. The van der Waals surface area contributed by atoms with Crippen molar-refractivity contribution in [2.75, 3.05) is 20.2 Å². The Balaban J connectivity index is 1.83. The number of ether oxygens (including phenoxy) is 1. The molecule has 5 nitrogen and oxygen atoms in total. The molecular formula is C15H23NO4. The lowest BCUT2D eigenvalue weighted by molar-refractivity contribution is -0.154. The fourth-order valence-corrected chi connectivity index (χ4v) is 3.20. The summed E-state index contributed by atoms with van der Waals surface area (Å²) >= 11 is 0. The molecule has 0 radical (unpaired) electrons. The first kappa shape index (κ1) is 15.0. The highest BCUT2D eigenvalue weighted by Crippen LogP contribution is 2.27. The van der Waals surface area contributed by atoms with Gasteiger partial charge in [0, 0.05) is 13.0 Å². The van der Waals surface area contributed by atoms with Crippen LogP contribution < -0.4 is 0 Å². The molecule has 1 aliphatic heterocycles. The van der Waals surface area contributed by atoms with Crippen molar-refractivity contribution >= 4 is 17.7 Å². The molecular weight excluding hydrogens is 258 g/mol. The molecule has 1 saturated carbocycles. The number of ketones is 1. The minimum Gasteiger partial charge on any atom is -0.468 e. The van der Waals surface area contributed by atoms with Crippen LogP contribution in [0, 0.1) is 11.8 Å². The van der Waals surface area contributed by atoms with E-state index in [9.17, 15) is 14.4 Å². The highest BCUT2D eigenvalue weighted by molar-refractivity contribution is 6.01. The van der Waals surface area contributed by atoms with Crippen molar-refractivity contribution in [2.24, 2.45) is 11.8 Å². The largest absolute Gasteiger partial charge is 0.468 e. The third-order valence-electron chi connectivity index (χ3n) is 4.45. The van der Waals surface area contributed by atoms with Gasteiger partial charge in [-0.2, -0.15) is 0 Å². The maximum absolute atomic E-state index is 12.2. The summed E-state index contributed by atoms with van der Waals surface area (Å²) in [5.41, 5.74) is 0. The summed E-state index contributed by atoms with van der Waals surface area (Å²) in [7, 11) is 1.29. The van der Waals surface area contributed by atoms with Crippen LogP contribution in [0.25, 0.3) is 0 Å². The number of carbonyl (C=O) groups excluding carboxylic acids is 3. The Kier molecular flexibility index (Phi) is 5.15. The van der Waals surface area contributed by atoms with Gasteiger partial charge in [-0.25, -0.2) is 0 Å². The van der Waals surface area contributed by atoms with Crippen LogP contribution >= 0.6 is 0 Å². The van der Waals surface area contributed by atoms with E-state index in [1.54, 1.807) is 4.90 Å². The molecule has 2 rings (SSSR count). The molecule has 112 valence electrons. The van der Waals surface area contributed by atoms with E-state index in [-0.39, 0.29) is 18.2 Å². The zero-order chi connectivity index (χ0) is 14.5. The van der Waals surface area contributed by atoms with Gasteiger partial charge in [0.15, 0.2) is 5.78 Å². The van der Waals surface area contributed by atoms with Crippen molar-refractivity contribution in [2.45, 2.75) is 44.9 Å². The SMILES string of the molecule is COC(=O)C1CCN(C(=O)CC2CCCCC2)CC1=O. The van der Waals surface area contributed by atoms with Crippen LogP contribution in [-0.4, -0.2) is 42.8 Å². The summed E-state index contributed by atoms with van der Waals surface area (Å²) in [5.74, 6) is -0.813. The molecule has 1 heterocycles. The number of methoxy groups -OCH3 is 1. The average Bonchev–Trinajstić information content (AvgIpc) is 2.47. The lowest BCUT2D eigenvalue weighted by atomic mass is 9.86. The second kappa shape index (κ2) is 6.86. The first-order chi connectivity index (χ1) is 9.61. The van der Waals surface area contributed by atoms with E-state index < -0.39 is 11.9 Å². The summed E-state index contributed by atoms with van der Waals surface area (Å²) in [6.07, 6.45) is 6.88. The van der Waals surface area contributed by atoms with Gasteiger partial charge in [-0.3, -0.25) is 14.4 Å². The monoisotopic (exact) mass is 281 g/mol. The molecule has 1 aliphatic carbocycles. The predicted octanol–water partition coefficient (Wildman–Crippen LogP) is 1.55. The van der Waals surface area contributed by atoms with Gasteiger partial charge in [0.25, 0.3) is 0 Å². The third kappa shape index (κ3) is 3.58. The average molecular weight is 281 g/mol. The van der Waals surface area contributed by atoms with Crippen LogP contribution in [0.3, 0.4) is 0 Å². The number of rotatable bonds is 3. The van der Waals surface area contributed by atoms with E-state index in [1.807, 2.05) is 0 Å². The van der Waals surface area contributed by atoms with E-state index >= 15 is 0 Å². The zero-order valence-corrected chi connectivity index (χ0v) is 12.1. The van der Waals surface area contributed by atoms with E-state index in [0.717, 1.165) is 12.8 Å². The van der Waals surface area contributed by atoms with E-state index in [2.05, 4.69) is 4.74 Å². The first-order valence-electron chi connectivity index (χ1n) is 7.50. The van der Waals surface area contributed by atoms with Crippen LogP contribution in [0.5, 0.6) is 0 Å². The van der Waals surface area contributed by atoms with Gasteiger partial charge >= 0.3 is 5.97 Å². The second-order valence-electron chi connectivity index (χ2n) is 5.85. The number of esters is 1. The lowest BCUT2D eigenvalue weighted by Crippen LogP contribution is -2.47. The number of hydrogen-bond donors (Lipinski definition) is 0. The lowest BCUT2D eigenvalue weighted by Gasteiger charge is -2.31. The molecule has 2 aliphatic rings. The normalized spacial score (nSPS) is 24.6. The summed E-state index contributed by atoms with van der Waals surface area (Å²) < 4.78 is 4.61. The molecule has 2 fully saturated rings. The molecule has 1 saturated heterocycles. The maximum Gasteiger partial charge on any atom is 0.316 e. The molecule has 5 heteroatoms. The van der Waals surface area contributed by atoms with Gasteiger partial charge in [0.1, 0.15) is 5.92 Å². The number of nitrogens with zero attached hydrogens (tertiary/aromatic N) is 1. The molecule has 1 unspecified atom stereocenters. The van der Waals surface area contributed by atoms with Crippen LogP contribution in [0.2, 0.25) is 0 Å². The van der Waals surface area contributed by atoms with Gasteiger partial charge in [0.2, 0.25) is 5.91 Å². The van der Waals surface area contributed by atoms with Crippen molar-refractivity contribution in [3.8, 4) is 0 Å². The zero-order valence-electron chi connectivity index (χ0n) is 12.1. The van der Waals surface area contributed by atoms with Crippen LogP contribution in [0.15, 0.2) is 0 Å². The van der Waals surface area contributed by atoms with Gasteiger partial charge in [-0.15, -0.1) is 0 Å². The van der Waals surface area contributed by atoms with E-state index in [4.69, 9.17) is 0 Å². The Morgan fingerprint density at radius 3 is 2.50 bits per heavy atom. The smallest absolute Gasteiger partial charge is 0.316 e. The van der Waals surface area contributed by atoms with Gasteiger partial charge in [0.05, 0.1) is 13.7 Å². The highest BCUT2D eigenvalue weighted by Gasteiger charge is 2.35. The minimum absolute atomic E-state index is 0.0608. The van der Waals surface area contributed by atoms with Gasteiger partial charge < -0.3 is 9.64 Å². The van der Waals surface area contributed by atoms with Crippen LogP contribution in [0.4, 0.5) is 0 Å². The van der Waals surface area contributed by atoms with Crippen LogP contribution in [-0.2, 0) is 19.1 Å². The highest BCUT2D eigenvalue weighted by atomic mass is 16.5. The van der Waals surface area contributed by atoms with Crippen molar-refractivity contribution in [3.05, 3.63) is 0 Å². The molecule has 0 bridgehead atoms. The number of piperidine rings is 1. The number of Topliss-reactive ketones (excluding diaryl/α,β-unsaturated/α-hetero) is 1. The summed E-state index contributed by atoms with van der Waals surface area (Å²) in [4.78, 5) is 37.2. The summed E-state index contributed by atoms with van der Waals surface area (Å²) in [5, 5.41) is 0. The number of likely N-dealkylation sites (tertiary alicyclic amines) is 1. The first-order valence-corrected chi connectivity index (χ1v) is 7.50. The van der Waals surface area contributed by atoms with Gasteiger partial charge in [-0.05, 0) is 25.2 Å². The summed E-state index contributed by atoms with van der Waals surface area (Å²) in [6.45, 7) is 0.544. The number of carbonyl (C=O) groups is 3. The fourth-order valence-electron chi connectivity index (χ4n) is 3.20. The molecule has 0 N–H and O–H groups in total. The third-order valence-corrected chi connectivity index (χ3v) is 4.45. The number of hydrogen-bond acceptors (Lipinski definition) is 4. The quantitative estimate of drug-likeness (QED) is 0.581. The molecule has 20 heavy (non-hydrogen) atoms. The van der Waals surface area contributed by atoms with Crippen molar-refractivity contribution in [1.82, 2.24) is 4.90 Å². The van der Waals surface area contributed by atoms with Gasteiger partial charge in [-0.1, -0.05) is 19.3 Å². The van der Waals surface area contributed by atoms with Crippen LogP contribution in [0.1, 0.15) is 44.9 Å². The van der Waals surface area contributed by atoms with E-state index in [0.29, 0.717) is 25.3 Å². The van der Waals surface area contributed by atoms with E-state index in [1.165, 1.54) is 26.4 Å². The predicted molar refractivity (Wildman–Crippen MR) is 72.9 cm³/mol. The minimum atomic E-state index is -0.682. The van der Waals surface area contributed by atoms with Crippen molar-refractivity contribution in [1.29, 1.82) is 0 Å². The second-order valence-corrected chi connectivity index (χ2v) is 5.85. The Hall–Kier alpha value is -1.39. The molecule has 0 spiro atoms. The molecule has 1 amide bonds. The maximum atomic E-state index is 12.2. The van der Waals surface area contributed by atoms with Crippen molar-refractivity contribution < 1.29 is 19.1 Å².